The molecule has 0 rings (SSSR count). The molecule has 0 aliphatic carbocycles. The van der Waals surface area contributed by atoms with Crippen LogP contribution in [0.5, 0.6) is 0 Å². The fourth-order valence-corrected chi connectivity index (χ4v) is 1.28. The second-order valence-corrected chi connectivity index (χ2v) is 3.59. The maximum absolute atomic E-state index is 11.1. The van der Waals surface area contributed by atoms with Gasteiger partial charge >= 0.3 is 0 Å². The van der Waals surface area contributed by atoms with Crippen molar-refractivity contribution in [2.75, 3.05) is 13.2 Å². The molecule has 2 N–H and O–H groups in total. The molecule has 84 valence electrons. The molecule has 0 aromatic heterocycles. The zero-order valence-electron chi connectivity index (χ0n) is 9.22. The summed E-state index contributed by atoms with van der Waals surface area (Å²) in [5.74, 6) is 0.0644. The number of unbranched alkanes of at least 4 members (excludes halogenated alkanes) is 4. The summed E-state index contributed by atoms with van der Waals surface area (Å²) in [4.78, 5) is 11.1. The molecule has 0 bridgehead atoms. The van der Waals surface area contributed by atoms with Crippen molar-refractivity contribution in [2.24, 2.45) is 0 Å². The Bertz CT molecular complexity index is 137. The molecule has 14 heavy (non-hydrogen) atoms. The molecule has 0 unspecified atom stereocenters. The number of amides is 1. The first kappa shape index (κ1) is 13.4. The molecule has 0 fully saturated rings. The standard InChI is InChI=1S/C11H23NO2/c1-2-3-4-5-6-9-12-11(14)8-7-10-13/h13H,2-10H2,1H3,(H,12,14). The molecule has 0 aliphatic rings. The first-order valence-electron chi connectivity index (χ1n) is 5.68. The molecule has 0 heterocycles. The number of aliphatic hydroxyl groups excluding tert-OH is 1. The molecule has 0 aliphatic heterocycles. The van der Waals surface area contributed by atoms with Crippen molar-refractivity contribution in [3.8, 4) is 0 Å². The molecular weight excluding hydrogens is 178 g/mol. The van der Waals surface area contributed by atoms with Crippen LogP contribution in [0.4, 0.5) is 0 Å². The van der Waals surface area contributed by atoms with E-state index in [-0.39, 0.29) is 12.5 Å². The highest BCUT2D eigenvalue weighted by Gasteiger charge is 1.98. The smallest absolute Gasteiger partial charge is 0.220 e. The Hall–Kier alpha value is -0.570. The minimum Gasteiger partial charge on any atom is -0.396 e. The Labute approximate surface area is 86.9 Å². The van der Waals surface area contributed by atoms with E-state index in [0.717, 1.165) is 13.0 Å². The van der Waals surface area contributed by atoms with Crippen molar-refractivity contribution in [3.05, 3.63) is 0 Å². The fraction of sp³-hybridized carbons (Fsp3) is 0.909. The average molecular weight is 201 g/mol. The van der Waals surface area contributed by atoms with Gasteiger partial charge in [-0.3, -0.25) is 4.79 Å². The van der Waals surface area contributed by atoms with Gasteiger partial charge in [-0.2, -0.15) is 0 Å². The molecule has 0 saturated heterocycles. The van der Waals surface area contributed by atoms with Gasteiger partial charge in [-0.25, -0.2) is 0 Å². The molecule has 3 heteroatoms. The summed E-state index contributed by atoms with van der Waals surface area (Å²) in [6.45, 7) is 3.08. The monoisotopic (exact) mass is 201 g/mol. The molecule has 3 nitrogen and oxygen atoms in total. The highest BCUT2D eigenvalue weighted by molar-refractivity contribution is 5.75. The van der Waals surface area contributed by atoms with Gasteiger partial charge in [0.2, 0.25) is 5.91 Å². The minimum absolute atomic E-state index is 0.0644. The van der Waals surface area contributed by atoms with E-state index < -0.39 is 0 Å². The number of rotatable bonds is 9. The predicted octanol–water partition coefficient (Wildman–Crippen LogP) is 1.85. The van der Waals surface area contributed by atoms with Gasteiger partial charge in [0, 0.05) is 19.6 Å². The zero-order valence-corrected chi connectivity index (χ0v) is 9.22. The van der Waals surface area contributed by atoms with Gasteiger partial charge in [0.1, 0.15) is 0 Å². The first-order chi connectivity index (χ1) is 6.81. The van der Waals surface area contributed by atoms with Crippen LogP contribution in [0.2, 0.25) is 0 Å². The van der Waals surface area contributed by atoms with Crippen molar-refractivity contribution >= 4 is 5.91 Å². The lowest BCUT2D eigenvalue weighted by Gasteiger charge is -2.03. The van der Waals surface area contributed by atoms with Gasteiger partial charge < -0.3 is 10.4 Å². The lowest BCUT2D eigenvalue weighted by Crippen LogP contribution is -2.24. The highest BCUT2D eigenvalue weighted by atomic mass is 16.3. The van der Waals surface area contributed by atoms with Crippen LogP contribution in [0, 0.1) is 0 Å². The third-order valence-electron chi connectivity index (χ3n) is 2.16. The van der Waals surface area contributed by atoms with E-state index in [9.17, 15) is 4.79 Å². The minimum atomic E-state index is 0.0644. The van der Waals surface area contributed by atoms with Crippen molar-refractivity contribution in [2.45, 2.75) is 51.9 Å². The van der Waals surface area contributed by atoms with Gasteiger partial charge in [0.15, 0.2) is 0 Å². The number of aliphatic hydroxyl groups is 1. The molecule has 0 aromatic carbocycles. The third-order valence-corrected chi connectivity index (χ3v) is 2.16. The maximum atomic E-state index is 11.1. The molecule has 0 spiro atoms. The van der Waals surface area contributed by atoms with Gasteiger partial charge in [0.25, 0.3) is 0 Å². The van der Waals surface area contributed by atoms with Gasteiger partial charge in [-0.1, -0.05) is 32.6 Å². The molecule has 0 saturated carbocycles. The van der Waals surface area contributed by atoms with Crippen LogP contribution in [0.15, 0.2) is 0 Å². The van der Waals surface area contributed by atoms with Crippen LogP contribution >= 0.6 is 0 Å². The predicted molar refractivity (Wildman–Crippen MR) is 58.1 cm³/mol. The zero-order chi connectivity index (χ0) is 10.6. The van der Waals surface area contributed by atoms with Gasteiger partial charge in [-0.15, -0.1) is 0 Å². The fourth-order valence-electron chi connectivity index (χ4n) is 1.28. The SMILES string of the molecule is CCCCCCCNC(=O)CCCO. The Kier molecular flexibility index (Phi) is 10.1. The Morgan fingerprint density at radius 3 is 2.50 bits per heavy atom. The van der Waals surface area contributed by atoms with Gasteiger partial charge in [-0.05, 0) is 12.8 Å². The Balaban J connectivity index is 3.07. The van der Waals surface area contributed by atoms with E-state index in [4.69, 9.17) is 5.11 Å². The summed E-state index contributed by atoms with van der Waals surface area (Å²) in [6, 6.07) is 0. The summed E-state index contributed by atoms with van der Waals surface area (Å²) in [7, 11) is 0. The van der Waals surface area contributed by atoms with Crippen LogP contribution in [-0.2, 0) is 4.79 Å². The van der Waals surface area contributed by atoms with E-state index in [1.165, 1.54) is 25.7 Å². The number of hydrogen-bond donors (Lipinski definition) is 2. The van der Waals surface area contributed by atoms with E-state index in [0.29, 0.717) is 12.8 Å². The van der Waals surface area contributed by atoms with Crippen molar-refractivity contribution in [3.63, 3.8) is 0 Å². The van der Waals surface area contributed by atoms with Crippen molar-refractivity contribution in [1.82, 2.24) is 5.32 Å². The highest BCUT2D eigenvalue weighted by Crippen LogP contribution is 2.01. The third kappa shape index (κ3) is 9.52. The normalized spacial score (nSPS) is 10.1. The summed E-state index contributed by atoms with van der Waals surface area (Å²) in [5, 5.41) is 11.3. The lowest BCUT2D eigenvalue weighted by atomic mass is 10.1. The van der Waals surface area contributed by atoms with Crippen LogP contribution in [0.3, 0.4) is 0 Å². The second-order valence-electron chi connectivity index (χ2n) is 3.59. The Morgan fingerprint density at radius 2 is 1.86 bits per heavy atom. The summed E-state index contributed by atoms with van der Waals surface area (Å²) in [6.07, 6.45) is 7.11. The second kappa shape index (κ2) is 10.5. The largest absolute Gasteiger partial charge is 0.396 e. The lowest BCUT2D eigenvalue weighted by molar-refractivity contribution is -0.121. The van der Waals surface area contributed by atoms with Gasteiger partial charge in [0.05, 0.1) is 0 Å². The quantitative estimate of drug-likeness (QED) is 0.559. The number of carbonyl (C=O) groups is 1. The van der Waals surface area contributed by atoms with E-state index in [2.05, 4.69) is 12.2 Å². The van der Waals surface area contributed by atoms with Crippen LogP contribution in [0.1, 0.15) is 51.9 Å². The summed E-state index contributed by atoms with van der Waals surface area (Å²) >= 11 is 0. The van der Waals surface area contributed by atoms with Crippen molar-refractivity contribution in [1.29, 1.82) is 0 Å². The van der Waals surface area contributed by atoms with E-state index >= 15 is 0 Å². The van der Waals surface area contributed by atoms with Crippen LogP contribution < -0.4 is 5.32 Å². The van der Waals surface area contributed by atoms with Crippen molar-refractivity contribution < 1.29 is 9.90 Å². The number of carbonyl (C=O) groups excluding carboxylic acids is 1. The molecular formula is C11H23NO2. The molecule has 0 aromatic rings. The van der Waals surface area contributed by atoms with E-state index in [1.54, 1.807) is 0 Å². The average Bonchev–Trinajstić information content (AvgIpc) is 2.20. The Morgan fingerprint density at radius 1 is 1.14 bits per heavy atom. The molecule has 1 amide bonds. The summed E-state index contributed by atoms with van der Waals surface area (Å²) < 4.78 is 0. The van der Waals surface area contributed by atoms with Crippen LogP contribution in [-0.4, -0.2) is 24.2 Å². The topological polar surface area (TPSA) is 49.3 Å². The maximum Gasteiger partial charge on any atom is 0.220 e. The van der Waals surface area contributed by atoms with Crippen LogP contribution in [0.25, 0.3) is 0 Å². The molecule has 0 radical (unpaired) electrons. The summed E-state index contributed by atoms with van der Waals surface area (Å²) in [5.41, 5.74) is 0. The van der Waals surface area contributed by atoms with E-state index in [1.807, 2.05) is 0 Å². The number of hydrogen-bond acceptors (Lipinski definition) is 2. The first-order valence-corrected chi connectivity index (χ1v) is 5.68. The number of nitrogens with one attached hydrogen (secondary N) is 1. The molecule has 0 atom stereocenters.